The molecule has 2 N–H and O–H groups in total. The fourth-order valence-electron chi connectivity index (χ4n) is 3.03. The number of piperidine rings is 1. The summed E-state index contributed by atoms with van der Waals surface area (Å²) in [4.78, 5) is 14.4. The molecule has 2 aliphatic heterocycles. The van der Waals surface area contributed by atoms with Crippen molar-refractivity contribution >= 4 is 5.91 Å². The third-order valence-corrected chi connectivity index (χ3v) is 4.15. The Hall–Kier alpha value is -0.610. The molecule has 0 aromatic heterocycles. The SMILES string of the molecule is CC1NCCC1C(=O)NCC1CCCN(C)C1. The third kappa shape index (κ3) is 3.42. The van der Waals surface area contributed by atoms with Crippen LogP contribution < -0.4 is 10.6 Å². The fourth-order valence-corrected chi connectivity index (χ4v) is 3.03. The first-order valence-electron chi connectivity index (χ1n) is 6.86. The first kappa shape index (κ1) is 12.8. The number of likely N-dealkylation sites (tertiary alicyclic amines) is 1. The van der Waals surface area contributed by atoms with Crippen LogP contribution in [0.4, 0.5) is 0 Å². The Balaban J connectivity index is 1.72. The first-order valence-corrected chi connectivity index (χ1v) is 6.86. The minimum Gasteiger partial charge on any atom is -0.355 e. The van der Waals surface area contributed by atoms with Gasteiger partial charge in [-0.05, 0) is 52.2 Å². The Morgan fingerprint density at radius 1 is 1.47 bits per heavy atom. The van der Waals surface area contributed by atoms with E-state index in [4.69, 9.17) is 0 Å². The van der Waals surface area contributed by atoms with E-state index in [1.54, 1.807) is 0 Å². The number of rotatable bonds is 3. The molecule has 1 amide bonds. The second kappa shape index (κ2) is 5.83. The number of nitrogens with zero attached hydrogens (tertiary/aromatic N) is 1. The summed E-state index contributed by atoms with van der Waals surface area (Å²) in [6, 6.07) is 0.337. The summed E-state index contributed by atoms with van der Waals surface area (Å²) in [6.45, 7) is 6.26. The van der Waals surface area contributed by atoms with Crippen molar-refractivity contribution in [2.24, 2.45) is 11.8 Å². The van der Waals surface area contributed by atoms with Crippen LogP contribution >= 0.6 is 0 Å². The lowest BCUT2D eigenvalue weighted by Crippen LogP contribution is -2.42. The van der Waals surface area contributed by atoms with E-state index in [1.165, 1.54) is 19.4 Å². The Morgan fingerprint density at radius 3 is 2.94 bits per heavy atom. The minimum absolute atomic E-state index is 0.177. The molecule has 0 bridgehead atoms. The highest BCUT2D eigenvalue weighted by atomic mass is 16.1. The van der Waals surface area contributed by atoms with Gasteiger partial charge in [-0.3, -0.25) is 4.79 Å². The van der Waals surface area contributed by atoms with Gasteiger partial charge in [0, 0.05) is 19.1 Å². The lowest BCUT2D eigenvalue weighted by molar-refractivity contribution is -0.125. The van der Waals surface area contributed by atoms with Crippen molar-refractivity contribution in [3.05, 3.63) is 0 Å². The molecule has 2 saturated heterocycles. The molecule has 2 rings (SSSR count). The van der Waals surface area contributed by atoms with E-state index in [-0.39, 0.29) is 11.8 Å². The second-order valence-corrected chi connectivity index (χ2v) is 5.65. The van der Waals surface area contributed by atoms with Crippen molar-refractivity contribution in [3.63, 3.8) is 0 Å². The molecule has 3 atom stereocenters. The molecule has 0 spiro atoms. The van der Waals surface area contributed by atoms with E-state index >= 15 is 0 Å². The molecule has 2 heterocycles. The normalized spacial score (nSPS) is 34.8. The molecule has 0 aromatic rings. The van der Waals surface area contributed by atoms with Crippen molar-refractivity contribution in [2.45, 2.75) is 32.2 Å². The summed E-state index contributed by atoms with van der Waals surface area (Å²) in [6.07, 6.45) is 3.50. The molecule has 2 fully saturated rings. The maximum absolute atomic E-state index is 12.0. The van der Waals surface area contributed by atoms with Crippen molar-refractivity contribution in [1.82, 2.24) is 15.5 Å². The molecule has 4 nitrogen and oxygen atoms in total. The first-order chi connectivity index (χ1) is 8.16. The van der Waals surface area contributed by atoms with Gasteiger partial charge in [0.1, 0.15) is 0 Å². The van der Waals surface area contributed by atoms with Gasteiger partial charge in [0.05, 0.1) is 5.92 Å². The molecule has 98 valence electrons. The topological polar surface area (TPSA) is 44.4 Å². The monoisotopic (exact) mass is 239 g/mol. The largest absolute Gasteiger partial charge is 0.355 e. The Labute approximate surface area is 104 Å². The van der Waals surface area contributed by atoms with E-state index in [0.29, 0.717) is 12.0 Å². The molecular weight excluding hydrogens is 214 g/mol. The van der Waals surface area contributed by atoms with Crippen LogP contribution in [0.5, 0.6) is 0 Å². The van der Waals surface area contributed by atoms with Gasteiger partial charge in [-0.15, -0.1) is 0 Å². The molecule has 0 radical (unpaired) electrons. The van der Waals surface area contributed by atoms with Gasteiger partial charge in [0.2, 0.25) is 5.91 Å². The number of hydrogen-bond donors (Lipinski definition) is 2. The predicted molar refractivity (Wildman–Crippen MR) is 68.8 cm³/mol. The molecule has 4 heteroatoms. The molecule has 0 aliphatic carbocycles. The number of carbonyl (C=O) groups excluding carboxylic acids is 1. The summed E-state index contributed by atoms with van der Waals surface area (Å²) in [5, 5.41) is 6.47. The molecule has 0 aromatic carbocycles. The van der Waals surface area contributed by atoms with Gasteiger partial charge in [-0.2, -0.15) is 0 Å². The van der Waals surface area contributed by atoms with Crippen LogP contribution in [-0.2, 0) is 4.79 Å². The highest BCUT2D eigenvalue weighted by Crippen LogP contribution is 2.17. The van der Waals surface area contributed by atoms with E-state index in [0.717, 1.165) is 26.1 Å². The average molecular weight is 239 g/mol. The van der Waals surface area contributed by atoms with E-state index < -0.39 is 0 Å². The standard InChI is InChI=1S/C13H25N3O/c1-10-12(5-6-14-10)13(17)15-8-11-4-3-7-16(2)9-11/h10-12,14H,3-9H2,1-2H3,(H,15,17). The zero-order chi connectivity index (χ0) is 12.3. The van der Waals surface area contributed by atoms with Crippen molar-refractivity contribution in [3.8, 4) is 0 Å². The van der Waals surface area contributed by atoms with Crippen LogP contribution in [0.15, 0.2) is 0 Å². The van der Waals surface area contributed by atoms with Crippen LogP contribution in [0.1, 0.15) is 26.2 Å². The summed E-state index contributed by atoms with van der Waals surface area (Å²) in [5.41, 5.74) is 0. The summed E-state index contributed by atoms with van der Waals surface area (Å²) in [7, 11) is 2.16. The molecule has 17 heavy (non-hydrogen) atoms. The fraction of sp³-hybridized carbons (Fsp3) is 0.923. The van der Waals surface area contributed by atoms with Crippen LogP contribution in [0, 0.1) is 11.8 Å². The zero-order valence-electron chi connectivity index (χ0n) is 11.0. The van der Waals surface area contributed by atoms with Gasteiger partial charge in [0.15, 0.2) is 0 Å². The van der Waals surface area contributed by atoms with Gasteiger partial charge in [-0.1, -0.05) is 0 Å². The number of carbonyl (C=O) groups is 1. The second-order valence-electron chi connectivity index (χ2n) is 5.65. The highest BCUT2D eigenvalue weighted by molar-refractivity contribution is 5.79. The molecule has 3 unspecified atom stereocenters. The predicted octanol–water partition coefficient (Wildman–Crippen LogP) is 0.442. The van der Waals surface area contributed by atoms with E-state index in [2.05, 4.69) is 29.5 Å². The Kier molecular flexibility index (Phi) is 4.40. The van der Waals surface area contributed by atoms with Crippen LogP contribution in [0.2, 0.25) is 0 Å². The zero-order valence-corrected chi connectivity index (χ0v) is 11.0. The van der Waals surface area contributed by atoms with Crippen molar-refractivity contribution in [2.75, 3.05) is 33.2 Å². The van der Waals surface area contributed by atoms with Gasteiger partial charge in [0.25, 0.3) is 0 Å². The molecule has 0 saturated carbocycles. The number of hydrogen-bond acceptors (Lipinski definition) is 3. The van der Waals surface area contributed by atoms with Crippen LogP contribution in [-0.4, -0.2) is 50.1 Å². The minimum atomic E-state index is 0.177. The Morgan fingerprint density at radius 2 is 2.29 bits per heavy atom. The summed E-state index contributed by atoms with van der Waals surface area (Å²) >= 11 is 0. The van der Waals surface area contributed by atoms with Crippen molar-refractivity contribution < 1.29 is 4.79 Å². The maximum Gasteiger partial charge on any atom is 0.224 e. The van der Waals surface area contributed by atoms with Crippen LogP contribution in [0.25, 0.3) is 0 Å². The molecular formula is C13H25N3O. The summed E-state index contributed by atoms with van der Waals surface area (Å²) in [5.74, 6) is 1.06. The van der Waals surface area contributed by atoms with E-state index in [1.807, 2.05) is 0 Å². The summed E-state index contributed by atoms with van der Waals surface area (Å²) < 4.78 is 0. The smallest absolute Gasteiger partial charge is 0.224 e. The van der Waals surface area contributed by atoms with Gasteiger partial charge >= 0.3 is 0 Å². The third-order valence-electron chi connectivity index (χ3n) is 4.15. The van der Waals surface area contributed by atoms with Crippen LogP contribution in [0.3, 0.4) is 0 Å². The highest BCUT2D eigenvalue weighted by Gasteiger charge is 2.29. The lowest BCUT2D eigenvalue weighted by atomic mass is 9.97. The van der Waals surface area contributed by atoms with Gasteiger partial charge in [-0.25, -0.2) is 0 Å². The van der Waals surface area contributed by atoms with Crippen molar-refractivity contribution in [1.29, 1.82) is 0 Å². The van der Waals surface area contributed by atoms with E-state index in [9.17, 15) is 4.79 Å². The number of amides is 1. The van der Waals surface area contributed by atoms with Gasteiger partial charge < -0.3 is 15.5 Å². The quantitative estimate of drug-likeness (QED) is 0.751. The lowest BCUT2D eigenvalue weighted by Gasteiger charge is -2.30. The maximum atomic E-state index is 12.0. The average Bonchev–Trinajstić information content (AvgIpc) is 2.72. The number of nitrogens with one attached hydrogen (secondary N) is 2. The molecule has 2 aliphatic rings. The Bertz CT molecular complexity index is 269.